The lowest BCUT2D eigenvalue weighted by molar-refractivity contribution is -0.143. The number of carboxylic acids is 1. The zero-order chi connectivity index (χ0) is 18.8. The summed E-state index contributed by atoms with van der Waals surface area (Å²) in [5.41, 5.74) is 3.17. The van der Waals surface area contributed by atoms with Crippen molar-refractivity contribution in [1.29, 1.82) is 0 Å². The Morgan fingerprint density at radius 3 is 2.59 bits per heavy atom. The third-order valence-corrected chi connectivity index (χ3v) is 5.57. The average Bonchev–Trinajstić information content (AvgIpc) is 2.68. The molecule has 0 radical (unpaired) electrons. The van der Waals surface area contributed by atoms with Gasteiger partial charge >= 0.3 is 5.97 Å². The molecule has 2 aromatic carbocycles. The number of nitrogens with zero attached hydrogens (tertiary/aromatic N) is 2. The normalized spacial score (nSPS) is 17.1. The van der Waals surface area contributed by atoms with Crippen LogP contribution in [0.15, 0.2) is 60.8 Å². The van der Waals surface area contributed by atoms with Gasteiger partial charge in [-0.05, 0) is 61.3 Å². The van der Waals surface area contributed by atoms with Crippen LogP contribution in [0.1, 0.15) is 30.0 Å². The number of likely N-dealkylation sites (tertiary alicyclic amines) is 1. The van der Waals surface area contributed by atoms with E-state index in [0.29, 0.717) is 17.9 Å². The number of hydrogen-bond donors (Lipinski definition) is 1. The summed E-state index contributed by atoms with van der Waals surface area (Å²) in [5.74, 6) is -0.947. The van der Waals surface area contributed by atoms with Gasteiger partial charge in [-0.25, -0.2) is 0 Å². The molecule has 2 heterocycles. The predicted molar refractivity (Wildman–Crippen MR) is 107 cm³/mol. The lowest BCUT2D eigenvalue weighted by atomic mass is 9.91. The molecule has 0 bridgehead atoms. The molecule has 1 fully saturated rings. The Bertz CT molecular complexity index is 967. The zero-order valence-corrected chi connectivity index (χ0v) is 15.6. The molecule has 0 saturated carbocycles. The number of pyridine rings is 1. The van der Waals surface area contributed by atoms with Crippen molar-refractivity contribution < 1.29 is 9.90 Å². The molecule has 0 spiro atoms. The smallest absolute Gasteiger partial charge is 0.306 e. The number of hydrogen-bond acceptors (Lipinski definition) is 3. The fourth-order valence-corrected chi connectivity index (χ4v) is 4.13. The van der Waals surface area contributed by atoms with Crippen LogP contribution in [0.2, 0.25) is 5.02 Å². The highest BCUT2D eigenvalue weighted by atomic mass is 35.5. The van der Waals surface area contributed by atoms with Crippen LogP contribution in [0.5, 0.6) is 0 Å². The monoisotopic (exact) mass is 380 g/mol. The number of para-hydroxylation sites is 1. The maximum absolute atomic E-state index is 11.3. The van der Waals surface area contributed by atoms with E-state index in [4.69, 9.17) is 11.6 Å². The highest BCUT2D eigenvalue weighted by Gasteiger charge is 2.30. The first-order valence-corrected chi connectivity index (χ1v) is 9.56. The number of halogens is 1. The van der Waals surface area contributed by atoms with Gasteiger partial charge in [0.05, 0.1) is 17.5 Å². The van der Waals surface area contributed by atoms with Gasteiger partial charge in [0.15, 0.2) is 0 Å². The molecule has 5 heteroatoms. The number of carboxylic acid groups (broad SMARTS) is 1. The minimum atomic E-state index is -0.693. The van der Waals surface area contributed by atoms with Crippen molar-refractivity contribution in [2.75, 3.05) is 13.1 Å². The Labute approximate surface area is 163 Å². The third-order valence-electron chi connectivity index (χ3n) is 5.34. The highest BCUT2D eigenvalue weighted by molar-refractivity contribution is 6.30. The molecule has 4 nitrogen and oxygen atoms in total. The standard InChI is InChI=1S/C22H21ClN2O2/c23-19-6-3-5-17(13-19)21(25-10-8-15(9-11-25)22(26)27)18-12-16-4-1-2-7-20(16)24-14-18/h1-7,12-15,21H,8-11H2,(H,26,27). The molecule has 1 unspecified atom stereocenters. The molecule has 1 aliphatic rings. The fraction of sp³-hybridized carbons (Fsp3) is 0.273. The van der Waals surface area contributed by atoms with Crippen LogP contribution in [0.25, 0.3) is 10.9 Å². The summed E-state index contributed by atoms with van der Waals surface area (Å²) in [7, 11) is 0. The molecule has 1 aromatic heterocycles. The lowest BCUT2D eigenvalue weighted by Gasteiger charge is -2.37. The van der Waals surface area contributed by atoms with Crippen LogP contribution < -0.4 is 0 Å². The number of rotatable bonds is 4. The highest BCUT2D eigenvalue weighted by Crippen LogP contribution is 2.34. The summed E-state index contributed by atoms with van der Waals surface area (Å²) < 4.78 is 0. The van der Waals surface area contributed by atoms with Crippen molar-refractivity contribution in [3.8, 4) is 0 Å². The number of piperidine rings is 1. The Morgan fingerprint density at radius 2 is 1.85 bits per heavy atom. The molecule has 1 atom stereocenters. The van der Waals surface area contributed by atoms with E-state index >= 15 is 0 Å². The van der Waals surface area contributed by atoms with Crippen LogP contribution in [-0.4, -0.2) is 34.0 Å². The molecule has 27 heavy (non-hydrogen) atoms. The fourth-order valence-electron chi connectivity index (χ4n) is 3.93. The van der Waals surface area contributed by atoms with Crippen LogP contribution in [0.4, 0.5) is 0 Å². The van der Waals surface area contributed by atoms with Gasteiger partial charge in [0, 0.05) is 16.6 Å². The van der Waals surface area contributed by atoms with Gasteiger partial charge in [0.25, 0.3) is 0 Å². The molecule has 1 N–H and O–H groups in total. The number of aromatic nitrogens is 1. The maximum atomic E-state index is 11.3. The molecule has 0 aliphatic carbocycles. The van der Waals surface area contributed by atoms with Crippen LogP contribution in [0.3, 0.4) is 0 Å². The maximum Gasteiger partial charge on any atom is 0.306 e. The summed E-state index contributed by atoms with van der Waals surface area (Å²) in [6, 6.07) is 18.2. The lowest BCUT2D eigenvalue weighted by Crippen LogP contribution is -2.39. The van der Waals surface area contributed by atoms with E-state index in [1.165, 1.54) is 0 Å². The van der Waals surface area contributed by atoms with Gasteiger partial charge in [0.1, 0.15) is 0 Å². The zero-order valence-electron chi connectivity index (χ0n) is 14.9. The Hall–Kier alpha value is -2.43. The number of fused-ring (bicyclic) bond motifs is 1. The summed E-state index contributed by atoms with van der Waals surface area (Å²) in [4.78, 5) is 18.3. The molecule has 3 aromatic rings. The first-order chi connectivity index (χ1) is 13.1. The van der Waals surface area contributed by atoms with Crippen LogP contribution >= 0.6 is 11.6 Å². The van der Waals surface area contributed by atoms with E-state index in [-0.39, 0.29) is 12.0 Å². The quantitative estimate of drug-likeness (QED) is 0.708. The minimum absolute atomic E-state index is 0.00977. The van der Waals surface area contributed by atoms with Gasteiger partial charge in [0.2, 0.25) is 0 Å². The number of carbonyl (C=O) groups is 1. The summed E-state index contributed by atoms with van der Waals surface area (Å²) in [5, 5.41) is 11.1. The topological polar surface area (TPSA) is 53.4 Å². The van der Waals surface area contributed by atoms with Crippen molar-refractivity contribution >= 4 is 28.5 Å². The SMILES string of the molecule is O=C(O)C1CCN(C(c2cccc(Cl)c2)c2cnc3ccccc3c2)CC1. The summed E-state index contributed by atoms with van der Waals surface area (Å²) >= 11 is 6.26. The van der Waals surface area contributed by atoms with Crippen molar-refractivity contribution in [3.05, 3.63) is 76.9 Å². The molecule has 138 valence electrons. The minimum Gasteiger partial charge on any atom is -0.481 e. The second-order valence-corrected chi connectivity index (χ2v) is 7.50. The van der Waals surface area contributed by atoms with Crippen LogP contribution in [0, 0.1) is 5.92 Å². The van der Waals surface area contributed by atoms with Crippen LogP contribution in [-0.2, 0) is 4.79 Å². The Kier molecular flexibility index (Phi) is 5.10. The van der Waals surface area contributed by atoms with Gasteiger partial charge in [-0.1, -0.05) is 41.9 Å². The van der Waals surface area contributed by atoms with Gasteiger partial charge in [-0.2, -0.15) is 0 Å². The first-order valence-electron chi connectivity index (χ1n) is 9.19. The van der Waals surface area contributed by atoms with Crippen molar-refractivity contribution in [1.82, 2.24) is 9.88 Å². The van der Waals surface area contributed by atoms with E-state index in [9.17, 15) is 9.90 Å². The van der Waals surface area contributed by atoms with Gasteiger partial charge in [-0.15, -0.1) is 0 Å². The average molecular weight is 381 g/mol. The molecular formula is C22H21ClN2O2. The van der Waals surface area contributed by atoms with E-state index < -0.39 is 5.97 Å². The van der Waals surface area contributed by atoms with E-state index in [2.05, 4.69) is 28.1 Å². The van der Waals surface area contributed by atoms with Gasteiger partial charge in [-0.3, -0.25) is 14.7 Å². The molecular weight excluding hydrogens is 360 g/mol. The van der Waals surface area contributed by atoms with Crippen molar-refractivity contribution in [2.45, 2.75) is 18.9 Å². The number of aliphatic carboxylic acids is 1. The van der Waals surface area contributed by atoms with Crippen molar-refractivity contribution in [3.63, 3.8) is 0 Å². The molecule has 0 amide bonds. The van der Waals surface area contributed by atoms with Crippen molar-refractivity contribution in [2.24, 2.45) is 5.92 Å². The molecule has 4 rings (SSSR count). The van der Waals surface area contributed by atoms with E-state index in [1.54, 1.807) is 0 Å². The predicted octanol–water partition coefficient (Wildman–Crippen LogP) is 4.77. The molecule has 1 saturated heterocycles. The second kappa shape index (κ2) is 7.67. The Balaban J connectivity index is 1.72. The third kappa shape index (κ3) is 3.82. The molecule has 1 aliphatic heterocycles. The summed E-state index contributed by atoms with van der Waals surface area (Å²) in [6.45, 7) is 1.47. The van der Waals surface area contributed by atoms with E-state index in [1.807, 2.05) is 42.6 Å². The Morgan fingerprint density at radius 1 is 1.07 bits per heavy atom. The van der Waals surface area contributed by atoms with E-state index in [0.717, 1.165) is 35.1 Å². The number of benzene rings is 2. The van der Waals surface area contributed by atoms with Gasteiger partial charge < -0.3 is 5.11 Å². The first kappa shape index (κ1) is 18.0. The summed E-state index contributed by atoms with van der Waals surface area (Å²) in [6.07, 6.45) is 3.25. The largest absolute Gasteiger partial charge is 0.481 e. The second-order valence-electron chi connectivity index (χ2n) is 7.07.